The van der Waals surface area contributed by atoms with E-state index in [-0.39, 0.29) is 11.1 Å². The molecule has 100 valence electrons. The molecule has 0 heterocycles. The Kier molecular flexibility index (Phi) is 6.98. The minimum absolute atomic E-state index is 0.201. The van der Waals surface area contributed by atoms with Crippen LogP contribution >= 0.6 is 0 Å². The molecule has 1 aromatic rings. The van der Waals surface area contributed by atoms with E-state index >= 15 is 0 Å². The third-order valence-corrected chi connectivity index (χ3v) is 1.84. The van der Waals surface area contributed by atoms with Gasteiger partial charge in [-0.3, -0.25) is 9.59 Å². The van der Waals surface area contributed by atoms with Crippen molar-refractivity contribution in [2.24, 2.45) is 5.73 Å². The molecule has 0 aromatic heterocycles. The third-order valence-electron chi connectivity index (χ3n) is 1.84. The van der Waals surface area contributed by atoms with Crippen LogP contribution in [-0.2, 0) is 4.79 Å². The van der Waals surface area contributed by atoms with Crippen molar-refractivity contribution in [3.8, 4) is 0 Å². The summed E-state index contributed by atoms with van der Waals surface area (Å²) in [6, 6.07) is 6.33. The third kappa shape index (κ3) is 5.83. The number of carbonyl (C=O) groups excluding carboxylic acids is 2. The lowest BCUT2D eigenvalue weighted by molar-refractivity contribution is -0.131. The maximum Gasteiger partial charge on any atom is 0.327 e. The number of benzene rings is 1. The second-order valence-corrected chi connectivity index (χ2v) is 3.13. The monoisotopic (exact) mass is 262 g/mol. The number of primary amides is 1. The first-order chi connectivity index (χ1) is 8.93. The summed E-state index contributed by atoms with van der Waals surface area (Å²) in [5, 5.41) is 9.98. The molecule has 0 unspecified atom stereocenters. The van der Waals surface area contributed by atoms with Gasteiger partial charge in [0.25, 0.3) is 5.91 Å². The molecule has 6 nitrogen and oxygen atoms in total. The van der Waals surface area contributed by atoms with Gasteiger partial charge >= 0.3 is 5.97 Å². The molecular weight excluding hydrogens is 248 g/mol. The maximum absolute atomic E-state index is 11.4. The Hall–Kier alpha value is -2.89. The fourth-order valence-electron chi connectivity index (χ4n) is 1.07. The van der Waals surface area contributed by atoms with Crippen LogP contribution in [0, 0.1) is 0 Å². The SMILES string of the molecule is C=CC(=O)O.C=CNC(=O)c1ccccc1C(N)=O. The van der Waals surface area contributed by atoms with Gasteiger partial charge in [0.1, 0.15) is 0 Å². The number of nitrogens with one attached hydrogen (secondary N) is 1. The van der Waals surface area contributed by atoms with Crippen molar-refractivity contribution < 1.29 is 19.5 Å². The topological polar surface area (TPSA) is 109 Å². The number of rotatable bonds is 4. The van der Waals surface area contributed by atoms with E-state index in [0.717, 1.165) is 6.08 Å². The van der Waals surface area contributed by atoms with Gasteiger partial charge in [-0.1, -0.05) is 25.3 Å². The molecule has 0 aliphatic carbocycles. The number of carboxylic acids is 1. The molecule has 6 heteroatoms. The molecule has 2 amide bonds. The van der Waals surface area contributed by atoms with Gasteiger partial charge in [0.2, 0.25) is 5.91 Å². The lowest BCUT2D eigenvalue weighted by atomic mass is 10.1. The van der Waals surface area contributed by atoms with Gasteiger partial charge in [0, 0.05) is 6.08 Å². The Morgan fingerprint density at radius 3 is 2.00 bits per heavy atom. The summed E-state index contributed by atoms with van der Waals surface area (Å²) in [5.41, 5.74) is 5.55. The molecule has 0 aliphatic heterocycles. The van der Waals surface area contributed by atoms with E-state index in [1.807, 2.05) is 0 Å². The van der Waals surface area contributed by atoms with Crippen LogP contribution in [0.15, 0.2) is 49.7 Å². The Morgan fingerprint density at radius 2 is 1.63 bits per heavy atom. The van der Waals surface area contributed by atoms with Gasteiger partial charge in [-0.05, 0) is 18.3 Å². The minimum Gasteiger partial charge on any atom is -0.478 e. The molecule has 4 N–H and O–H groups in total. The Balaban J connectivity index is 0.000000555. The number of nitrogens with two attached hydrogens (primary N) is 1. The zero-order valence-corrected chi connectivity index (χ0v) is 10.1. The summed E-state index contributed by atoms with van der Waals surface area (Å²) in [4.78, 5) is 31.6. The fraction of sp³-hybridized carbons (Fsp3) is 0. The molecule has 0 bridgehead atoms. The molecule has 0 fully saturated rings. The van der Waals surface area contributed by atoms with E-state index in [1.165, 1.54) is 18.3 Å². The van der Waals surface area contributed by atoms with Gasteiger partial charge in [-0.2, -0.15) is 0 Å². The Bertz CT molecular complexity index is 509. The van der Waals surface area contributed by atoms with E-state index in [2.05, 4.69) is 18.5 Å². The predicted octanol–water partition coefficient (Wildman–Crippen LogP) is 0.916. The lowest BCUT2D eigenvalue weighted by Gasteiger charge is -2.04. The predicted molar refractivity (Wildman–Crippen MR) is 70.5 cm³/mol. The molecule has 1 aromatic carbocycles. The molecule has 0 saturated heterocycles. The molecule has 0 saturated carbocycles. The number of amides is 2. The van der Waals surface area contributed by atoms with Crippen molar-refractivity contribution in [2.45, 2.75) is 0 Å². The van der Waals surface area contributed by atoms with Crippen molar-refractivity contribution in [3.05, 3.63) is 60.8 Å². The fourth-order valence-corrected chi connectivity index (χ4v) is 1.07. The van der Waals surface area contributed by atoms with Crippen LogP contribution in [0.4, 0.5) is 0 Å². The van der Waals surface area contributed by atoms with Crippen LogP contribution in [0.1, 0.15) is 20.7 Å². The van der Waals surface area contributed by atoms with Crippen LogP contribution in [0.3, 0.4) is 0 Å². The van der Waals surface area contributed by atoms with Crippen LogP contribution in [-0.4, -0.2) is 22.9 Å². The van der Waals surface area contributed by atoms with E-state index in [0.29, 0.717) is 0 Å². The van der Waals surface area contributed by atoms with Crippen LogP contribution < -0.4 is 11.1 Å². The standard InChI is InChI=1S/C10H10N2O2.C3H4O2/c1-2-12-10(14)8-6-4-3-5-7(8)9(11)13;1-2-3(4)5/h2-6H,1H2,(H2,11,13)(H,12,14);2H,1H2,(H,4,5). The Labute approximate surface area is 110 Å². The van der Waals surface area contributed by atoms with Gasteiger partial charge < -0.3 is 16.2 Å². The molecule has 0 atom stereocenters. The number of aliphatic carboxylic acids is 1. The molecular formula is C13H14N2O4. The highest BCUT2D eigenvalue weighted by Gasteiger charge is 2.12. The molecule has 1 rings (SSSR count). The van der Waals surface area contributed by atoms with Crippen molar-refractivity contribution in [3.63, 3.8) is 0 Å². The number of carbonyl (C=O) groups is 3. The second-order valence-electron chi connectivity index (χ2n) is 3.13. The number of carboxylic acid groups (broad SMARTS) is 1. The molecule has 0 radical (unpaired) electrons. The molecule has 0 aliphatic rings. The highest BCUT2D eigenvalue weighted by atomic mass is 16.4. The van der Waals surface area contributed by atoms with E-state index < -0.39 is 17.8 Å². The summed E-state index contributed by atoms with van der Waals surface area (Å²) in [6.07, 6.45) is 2.08. The van der Waals surface area contributed by atoms with Gasteiger partial charge in [0.15, 0.2) is 0 Å². The van der Waals surface area contributed by atoms with Crippen molar-refractivity contribution >= 4 is 17.8 Å². The smallest absolute Gasteiger partial charge is 0.327 e. The van der Waals surface area contributed by atoms with Crippen LogP contribution in [0.5, 0.6) is 0 Å². The summed E-state index contributed by atoms with van der Waals surface area (Å²) >= 11 is 0. The highest BCUT2D eigenvalue weighted by Crippen LogP contribution is 2.07. The van der Waals surface area contributed by atoms with Gasteiger partial charge in [-0.15, -0.1) is 0 Å². The first kappa shape index (κ1) is 16.1. The summed E-state index contributed by atoms with van der Waals surface area (Å²) in [6.45, 7) is 6.31. The van der Waals surface area contributed by atoms with Crippen LogP contribution in [0.2, 0.25) is 0 Å². The van der Waals surface area contributed by atoms with E-state index in [4.69, 9.17) is 10.8 Å². The lowest BCUT2D eigenvalue weighted by Crippen LogP contribution is -2.22. The number of hydrogen-bond donors (Lipinski definition) is 3. The highest BCUT2D eigenvalue weighted by molar-refractivity contribution is 6.06. The average Bonchev–Trinajstić information content (AvgIpc) is 2.39. The first-order valence-electron chi connectivity index (χ1n) is 5.10. The van der Waals surface area contributed by atoms with Gasteiger partial charge in [-0.25, -0.2) is 4.79 Å². The second kappa shape index (κ2) is 8.24. The van der Waals surface area contributed by atoms with Crippen molar-refractivity contribution in [1.82, 2.24) is 5.32 Å². The quantitative estimate of drug-likeness (QED) is 0.700. The zero-order valence-electron chi connectivity index (χ0n) is 10.1. The maximum atomic E-state index is 11.4. The normalized spacial score (nSPS) is 8.42. The van der Waals surface area contributed by atoms with Crippen molar-refractivity contribution in [2.75, 3.05) is 0 Å². The van der Waals surface area contributed by atoms with E-state index in [1.54, 1.807) is 12.1 Å². The van der Waals surface area contributed by atoms with Crippen LogP contribution in [0.25, 0.3) is 0 Å². The summed E-state index contributed by atoms with van der Waals surface area (Å²) < 4.78 is 0. The van der Waals surface area contributed by atoms with E-state index in [9.17, 15) is 14.4 Å². The summed E-state index contributed by atoms with van der Waals surface area (Å²) in [5.74, 6) is -2.00. The molecule has 19 heavy (non-hydrogen) atoms. The Morgan fingerprint density at radius 1 is 1.16 bits per heavy atom. The van der Waals surface area contributed by atoms with Crippen molar-refractivity contribution in [1.29, 1.82) is 0 Å². The molecule has 0 spiro atoms. The minimum atomic E-state index is -0.981. The largest absolute Gasteiger partial charge is 0.478 e. The summed E-state index contributed by atoms with van der Waals surface area (Å²) in [7, 11) is 0. The average molecular weight is 262 g/mol. The first-order valence-corrected chi connectivity index (χ1v) is 5.10. The van der Waals surface area contributed by atoms with Gasteiger partial charge in [0.05, 0.1) is 11.1 Å². The number of hydrogen-bond acceptors (Lipinski definition) is 3. The zero-order chi connectivity index (χ0) is 14.8.